The third kappa shape index (κ3) is 3.56. The summed E-state index contributed by atoms with van der Waals surface area (Å²) in [6.45, 7) is 4.36. The molecule has 2 N–H and O–H groups in total. The minimum Gasteiger partial charge on any atom is -0.289 e. The van der Waals surface area contributed by atoms with Crippen molar-refractivity contribution in [1.29, 1.82) is 0 Å². The maximum Gasteiger partial charge on any atom is 0.265 e. The Morgan fingerprint density at radius 2 is 1.64 bits per heavy atom. The summed E-state index contributed by atoms with van der Waals surface area (Å²) in [4.78, 5) is 11.9. The van der Waals surface area contributed by atoms with Crippen molar-refractivity contribution in [2.75, 3.05) is 0 Å². The van der Waals surface area contributed by atoms with Gasteiger partial charge in [0.25, 0.3) is 5.91 Å². The van der Waals surface area contributed by atoms with Gasteiger partial charge in [-0.25, -0.2) is 13.9 Å². The predicted octanol–water partition coefficient (Wildman–Crippen LogP) is 2.86. The molecule has 0 saturated heterocycles. The average molecular weight is 325 g/mol. The minimum absolute atomic E-state index is 0.0661. The molecular formula is C16H23NO4S. The second kappa shape index (κ2) is 8.10. The Balaban J connectivity index is 0.000000541. The van der Waals surface area contributed by atoms with E-state index < -0.39 is 20.5 Å². The van der Waals surface area contributed by atoms with Gasteiger partial charge in [0.1, 0.15) is 0 Å². The second-order valence-electron chi connectivity index (χ2n) is 5.13. The zero-order chi connectivity index (χ0) is 16.6. The number of nitrogens with one attached hydrogen (secondary N) is 1. The number of benzene rings is 1. The molecular weight excluding hydrogens is 302 g/mol. The van der Waals surface area contributed by atoms with Crippen molar-refractivity contribution in [3.63, 3.8) is 0 Å². The predicted molar refractivity (Wildman–Crippen MR) is 85.2 cm³/mol. The van der Waals surface area contributed by atoms with Gasteiger partial charge in [-0.1, -0.05) is 57.0 Å². The first-order chi connectivity index (χ1) is 10.5. The molecule has 0 spiro atoms. The maximum absolute atomic E-state index is 12.5. The van der Waals surface area contributed by atoms with Crippen LogP contribution in [0.4, 0.5) is 0 Å². The van der Waals surface area contributed by atoms with Gasteiger partial charge in [0.15, 0.2) is 14.6 Å². The quantitative estimate of drug-likeness (QED) is 0.506. The molecule has 122 valence electrons. The smallest absolute Gasteiger partial charge is 0.265 e. The van der Waals surface area contributed by atoms with Crippen molar-refractivity contribution in [2.24, 2.45) is 0 Å². The molecule has 0 fully saturated rings. The van der Waals surface area contributed by atoms with Crippen LogP contribution >= 0.6 is 0 Å². The molecule has 1 aliphatic rings. The normalized spacial score (nSPS) is 15.8. The topological polar surface area (TPSA) is 83.5 Å². The van der Waals surface area contributed by atoms with Crippen molar-refractivity contribution in [3.8, 4) is 0 Å². The van der Waals surface area contributed by atoms with Crippen molar-refractivity contribution in [1.82, 2.24) is 5.48 Å². The lowest BCUT2D eigenvalue weighted by molar-refractivity contribution is -0.131. The lowest BCUT2D eigenvalue weighted by atomic mass is 10.1. The molecule has 0 atom stereocenters. The molecule has 1 aliphatic carbocycles. The standard InChI is InChI=1S/C12H13NO4S.C4H10/c14-11(13-15)12(8-4-5-9-12)18(16,17)10-6-2-1-3-7-10;1-3-4-2/h1-7,15H,8-9H2,(H,13,14);3-4H2,1-2H3. The molecule has 2 rings (SSSR count). The van der Waals surface area contributed by atoms with E-state index in [2.05, 4.69) is 13.8 Å². The number of sulfone groups is 1. The van der Waals surface area contributed by atoms with Crippen LogP contribution in [0.2, 0.25) is 0 Å². The van der Waals surface area contributed by atoms with E-state index in [1.54, 1.807) is 30.4 Å². The van der Waals surface area contributed by atoms with E-state index >= 15 is 0 Å². The fraction of sp³-hybridized carbons (Fsp3) is 0.438. The Morgan fingerprint density at radius 1 is 1.14 bits per heavy atom. The molecule has 1 amide bonds. The van der Waals surface area contributed by atoms with Gasteiger partial charge in [-0.15, -0.1) is 0 Å². The first-order valence-electron chi connectivity index (χ1n) is 7.35. The van der Waals surface area contributed by atoms with Gasteiger partial charge in [-0.2, -0.15) is 0 Å². The second-order valence-corrected chi connectivity index (χ2v) is 7.39. The Bertz CT molecular complexity index is 598. The fourth-order valence-electron chi connectivity index (χ4n) is 2.08. The lowest BCUT2D eigenvalue weighted by Crippen LogP contribution is -2.50. The highest BCUT2D eigenvalue weighted by atomic mass is 32.2. The fourth-order valence-corrected chi connectivity index (χ4v) is 3.97. The first-order valence-corrected chi connectivity index (χ1v) is 8.83. The number of carbonyl (C=O) groups excluding carboxylic acids is 1. The van der Waals surface area contributed by atoms with Crippen LogP contribution in [0.3, 0.4) is 0 Å². The van der Waals surface area contributed by atoms with Crippen molar-refractivity contribution >= 4 is 15.7 Å². The molecule has 0 aromatic heterocycles. The maximum atomic E-state index is 12.5. The summed E-state index contributed by atoms with van der Waals surface area (Å²) in [5.41, 5.74) is 1.47. The van der Waals surface area contributed by atoms with Gasteiger partial charge >= 0.3 is 0 Å². The molecule has 0 saturated carbocycles. The molecule has 0 radical (unpaired) electrons. The highest BCUT2D eigenvalue weighted by Gasteiger charge is 2.51. The number of hydrogen-bond donors (Lipinski definition) is 2. The number of hydrogen-bond acceptors (Lipinski definition) is 4. The van der Waals surface area contributed by atoms with E-state index in [4.69, 9.17) is 5.21 Å². The van der Waals surface area contributed by atoms with Crippen LogP contribution < -0.4 is 5.48 Å². The van der Waals surface area contributed by atoms with Crippen molar-refractivity contribution in [3.05, 3.63) is 42.5 Å². The van der Waals surface area contributed by atoms with Crippen molar-refractivity contribution < 1.29 is 18.4 Å². The van der Waals surface area contributed by atoms with Crippen LogP contribution in [-0.4, -0.2) is 24.3 Å². The summed E-state index contributed by atoms with van der Waals surface area (Å²) in [6.07, 6.45) is 6.04. The highest BCUT2D eigenvalue weighted by molar-refractivity contribution is 7.93. The Kier molecular flexibility index (Phi) is 6.77. The van der Waals surface area contributed by atoms with Crippen LogP contribution in [0.25, 0.3) is 0 Å². The van der Waals surface area contributed by atoms with Gasteiger partial charge in [-0.05, 0) is 25.0 Å². The third-order valence-electron chi connectivity index (χ3n) is 3.65. The number of rotatable bonds is 4. The largest absolute Gasteiger partial charge is 0.289 e. The summed E-state index contributed by atoms with van der Waals surface area (Å²) >= 11 is 0. The van der Waals surface area contributed by atoms with Gasteiger partial charge in [-0.3, -0.25) is 10.0 Å². The number of carbonyl (C=O) groups is 1. The molecule has 0 heterocycles. The summed E-state index contributed by atoms with van der Waals surface area (Å²) in [6, 6.07) is 7.78. The number of amides is 1. The van der Waals surface area contributed by atoms with E-state index in [1.165, 1.54) is 30.5 Å². The van der Waals surface area contributed by atoms with E-state index in [-0.39, 0.29) is 17.7 Å². The van der Waals surface area contributed by atoms with Crippen LogP contribution in [0.5, 0.6) is 0 Å². The zero-order valence-corrected chi connectivity index (χ0v) is 13.8. The molecule has 1 aromatic carbocycles. The van der Waals surface area contributed by atoms with Gasteiger partial charge in [0.2, 0.25) is 0 Å². The molecule has 6 heteroatoms. The van der Waals surface area contributed by atoms with Crippen molar-refractivity contribution in [2.45, 2.75) is 49.2 Å². The molecule has 0 aliphatic heterocycles. The number of allylic oxidation sites excluding steroid dienone is 2. The monoisotopic (exact) mass is 325 g/mol. The van der Waals surface area contributed by atoms with Gasteiger partial charge in [0, 0.05) is 0 Å². The molecule has 22 heavy (non-hydrogen) atoms. The SMILES string of the molecule is CCCC.O=C(NO)C1(S(=O)(=O)c2ccccc2)CC=CC1. The zero-order valence-electron chi connectivity index (χ0n) is 13.0. The third-order valence-corrected chi connectivity index (χ3v) is 6.09. The summed E-state index contributed by atoms with van der Waals surface area (Å²) in [7, 11) is -3.85. The van der Waals surface area contributed by atoms with E-state index in [0.717, 1.165) is 0 Å². The molecule has 0 unspecified atom stereocenters. The minimum atomic E-state index is -3.85. The highest BCUT2D eigenvalue weighted by Crippen LogP contribution is 2.36. The van der Waals surface area contributed by atoms with Crippen LogP contribution in [0.1, 0.15) is 39.5 Å². The Hall–Kier alpha value is -1.66. The molecule has 0 bridgehead atoms. The van der Waals surface area contributed by atoms with Crippen LogP contribution in [-0.2, 0) is 14.6 Å². The summed E-state index contributed by atoms with van der Waals surface area (Å²) in [5, 5.41) is 8.78. The number of hydroxylamine groups is 1. The molecule has 5 nitrogen and oxygen atoms in total. The van der Waals surface area contributed by atoms with Crippen LogP contribution in [0.15, 0.2) is 47.4 Å². The van der Waals surface area contributed by atoms with E-state index in [9.17, 15) is 13.2 Å². The Labute approximate surface area is 131 Å². The first kappa shape index (κ1) is 18.4. The Morgan fingerprint density at radius 3 is 2.05 bits per heavy atom. The van der Waals surface area contributed by atoms with Gasteiger partial charge in [0.05, 0.1) is 4.90 Å². The number of unbranched alkanes of at least 4 members (excludes halogenated alkanes) is 1. The van der Waals surface area contributed by atoms with Gasteiger partial charge < -0.3 is 0 Å². The van der Waals surface area contributed by atoms with E-state index in [0.29, 0.717) is 0 Å². The van der Waals surface area contributed by atoms with Crippen LogP contribution in [0, 0.1) is 0 Å². The summed E-state index contributed by atoms with van der Waals surface area (Å²) in [5.74, 6) is -0.892. The lowest BCUT2D eigenvalue weighted by Gasteiger charge is -2.26. The summed E-state index contributed by atoms with van der Waals surface area (Å²) < 4.78 is 23.5. The average Bonchev–Trinajstić information content (AvgIpc) is 3.06. The molecule has 1 aromatic rings. The van der Waals surface area contributed by atoms with E-state index in [1.807, 2.05) is 0 Å².